The molecule has 164 valence electrons. The van der Waals surface area contributed by atoms with Gasteiger partial charge in [0.05, 0.1) is 17.2 Å². The lowest BCUT2D eigenvalue weighted by atomic mass is 9.74. The van der Waals surface area contributed by atoms with E-state index in [1.807, 2.05) is 27.7 Å². The Labute approximate surface area is 177 Å². The van der Waals surface area contributed by atoms with E-state index in [9.17, 15) is 14.7 Å². The number of carboxylic acid groups (broad SMARTS) is 1. The lowest BCUT2D eigenvalue weighted by Gasteiger charge is -2.42. The second-order valence-electron chi connectivity index (χ2n) is 8.87. The summed E-state index contributed by atoms with van der Waals surface area (Å²) in [6, 6.07) is -0.764. The van der Waals surface area contributed by atoms with E-state index in [0.717, 1.165) is 0 Å². The summed E-state index contributed by atoms with van der Waals surface area (Å²) in [6.07, 6.45) is 1.26. The molecule has 0 saturated carbocycles. The van der Waals surface area contributed by atoms with E-state index >= 15 is 0 Å². The highest BCUT2D eigenvalue weighted by molar-refractivity contribution is 6.45. The molecule has 2 heterocycles. The van der Waals surface area contributed by atoms with Gasteiger partial charge in [0.2, 0.25) is 5.91 Å². The van der Waals surface area contributed by atoms with Crippen molar-refractivity contribution in [2.45, 2.75) is 76.6 Å². The number of amides is 1. The van der Waals surface area contributed by atoms with Crippen LogP contribution in [0, 0.1) is 5.92 Å². The van der Waals surface area contributed by atoms with Crippen LogP contribution in [-0.2, 0) is 18.9 Å². The summed E-state index contributed by atoms with van der Waals surface area (Å²) in [5.41, 5.74) is 12.0. The number of carboxylic acids is 1. The highest BCUT2D eigenvalue weighted by atomic mass is 35.5. The molecule has 0 aliphatic carbocycles. The molecule has 1 amide bonds. The average molecular weight is 432 g/mol. The monoisotopic (exact) mass is 431 g/mol. The van der Waals surface area contributed by atoms with Gasteiger partial charge in [0.1, 0.15) is 0 Å². The normalized spacial score (nSPS) is 28.8. The van der Waals surface area contributed by atoms with Gasteiger partial charge in [-0.25, -0.2) is 0 Å². The van der Waals surface area contributed by atoms with Gasteiger partial charge in [-0.1, -0.05) is 11.5 Å². The zero-order valence-electron chi connectivity index (χ0n) is 17.6. The first-order chi connectivity index (χ1) is 12.8. The topological polar surface area (TPSA) is 151 Å². The molecular formula is C17H31BClN5O5. The minimum atomic E-state index is -1.70. The summed E-state index contributed by atoms with van der Waals surface area (Å²) in [6.45, 7) is 9.59. The molecule has 12 heteroatoms. The number of rotatable bonds is 6. The Hall–Kier alpha value is -1.52. The second kappa shape index (κ2) is 9.10. The third-order valence-electron chi connectivity index (χ3n) is 6.01. The smallest absolute Gasteiger partial charge is 0.457 e. The number of aliphatic carboxylic acids is 1. The molecule has 0 aromatic carbocycles. The van der Waals surface area contributed by atoms with Crippen molar-refractivity contribution in [1.29, 1.82) is 0 Å². The van der Waals surface area contributed by atoms with Crippen molar-refractivity contribution in [2.75, 3.05) is 13.1 Å². The van der Waals surface area contributed by atoms with Gasteiger partial charge in [-0.3, -0.25) is 9.59 Å². The van der Waals surface area contributed by atoms with E-state index in [1.165, 1.54) is 4.90 Å². The van der Waals surface area contributed by atoms with Crippen LogP contribution in [0.5, 0.6) is 0 Å². The second-order valence-corrected chi connectivity index (χ2v) is 8.87. The molecular weight excluding hydrogens is 400 g/mol. The summed E-state index contributed by atoms with van der Waals surface area (Å²) < 4.78 is 12.0. The Morgan fingerprint density at radius 2 is 1.90 bits per heavy atom. The van der Waals surface area contributed by atoms with Crippen LogP contribution in [-0.4, -0.2) is 64.9 Å². The van der Waals surface area contributed by atoms with Gasteiger partial charge in [0, 0.05) is 18.0 Å². The largest absolute Gasteiger partial charge is 0.481 e. The van der Waals surface area contributed by atoms with Crippen molar-refractivity contribution in [3.05, 3.63) is 10.4 Å². The minimum Gasteiger partial charge on any atom is -0.481 e. The number of nitrogens with zero attached hydrogens (tertiary/aromatic N) is 4. The molecule has 0 radical (unpaired) electrons. The fraction of sp³-hybridized carbons (Fsp3) is 0.882. The molecule has 3 atom stereocenters. The van der Waals surface area contributed by atoms with Gasteiger partial charge in [0.15, 0.2) is 5.54 Å². The van der Waals surface area contributed by atoms with E-state index in [2.05, 4.69) is 10.0 Å². The number of nitrogens with two attached hydrogens (primary N) is 1. The Morgan fingerprint density at radius 1 is 1.34 bits per heavy atom. The lowest BCUT2D eigenvalue weighted by molar-refractivity contribution is -0.149. The third-order valence-corrected chi connectivity index (χ3v) is 6.01. The number of hydrogen-bond acceptors (Lipinski definition) is 6. The van der Waals surface area contributed by atoms with E-state index in [4.69, 9.17) is 20.6 Å². The van der Waals surface area contributed by atoms with Crippen molar-refractivity contribution >= 4 is 31.4 Å². The standard InChI is InChI=1S/C17H30BN5O5.ClH/c1-11(19)13(24)23-9-12(8-17(10-23,14(25)26)21-22-20)6-7-18-27-15(2,3)16(4,5)28-18;/h11-12H,6-10,19H2,1-5H3,(H,25,26);1H/t11?,12-,17-;/m0./s1. The first-order valence-electron chi connectivity index (χ1n) is 9.53. The van der Waals surface area contributed by atoms with Crippen molar-refractivity contribution in [3.63, 3.8) is 0 Å². The Bertz CT molecular complexity index is 665. The zero-order chi connectivity index (χ0) is 21.3. The number of azide groups is 1. The summed E-state index contributed by atoms with van der Waals surface area (Å²) in [5, 5.41) is 13.3. The zero-order valence-corrected chi connectivity index (χ0v) is 18.4. The number of halogens is 1. The molecule has 2 rings (SSSR count). The van der Waals surface area contributed by atoms with Gasteiger partial charge in [-0.2, -0.15) is 0 Å². The van der Waals surface area contributed by atoms with Gasteiger partial charge in [0.25, 0.3) is 0 Å². The number of piperidine rings is 1. The van der Waals surface area contributed by atoms with Crippen LogP contribution in [0.2, 0.25) is 6.32 Å². The molecule has 3 N–H and O–H groups in total. The van der Waals surface area contributed by atoms with Crippen LogP contribution < -0.4 is 5.73 Å². The average Bonchev–Trinajstić information content (AvgIpc) is 2.79. The molecule has 2 fully saturated rings. The predicted molar refractivity (Wildman–Crippen MR) is 111 cm³/mol. The highest BCUT2D eigenvalue weighted by Crippen LogP contribution is 2.39. The molecule has 10 nitrogen and oxygen atoms in total. The molecule has 2 saturated heterocycles. The Morgan fingerprint density at radius 3 is 2.34 bits per heavy atom. The van der Waals surface area contributed by atoms with E-state index in [1.54, 1.807) is 6.92 Å². The molecule has 1 unspecified atom stereocenters. The molecule has 29 heavy (non-hydrogen) atoms. The number of likely N-dealkylation sites (tertiary alicyclic amines) is 1. The third kappa shape index (κ3) is 5.35. The van der Waals surface area contributed by atoms with E-state index in [0.29, 0.717) is 19.3 Å². The first kappa shape index (κ1) is 25.5. The quantitative estimate of drug-likeness (QED) is 0.285. The van der Waals surface area contributed by atoms with Gasteiger partial charge in [-0.15, -0.1) is 12.4 Å². The van der Waals surface area contributed by atoms with Crippen molar-refractivity contribution < 1.29 is 24.0 Å². The number of carbonyl (C=O) groups excluding carboxylic acids is 1. The summed E-state index contributed by atoms with van der Waals surface area (Å²) in [4.78, 5) is 28.4. The van der Waals surface area contributed by atoms with Crippen LogP contribution in [0.3, 0.4) is 0 Å². The van der Waals surface area contributed by atoms with Gasteiger partial charge >= 0.3 is 13.1 Å². The minimum absolute atomic E-state index is 0. The fourth-order valence-corrected chi connectivity index (χ4v) is 3.76. The summed E-state index contributed by atoms with van der Waals surface area (Å²) in [7, 11) is -0.414. The number of carbonyl (C=O) groups is 2. The van der Waals surface area contributed by atoms with Gasteiger partial charge < -0.3 is 25.0 Å². The van der Waals surface area contributed by atoms with Crippen LogP contribution in [0.4, 0.5) is 0 Å². The Kier molecular flexibility index (Phi) is 8.01. The maximum Gasteiger partial charge on any atom is 0.457 e. The predicted octanol–water partition coefficient (Wildman–Crippen LogP) is 2.22. The summed E-state index contributed by atoms with van der Waals surface area (Å²) >= 11 is 0. The summed E-state index contributed by atoms with van der Waals surface area (Å²) in [5.74, 6) is -1.79. The first-order valence-corrected chi connectivity index (χ1v) is 9.53. The molecule has 2 aliphatic heterocycles. The molecule has 0 bridgehead atoms. The van der Waals surface area contributed by atoms with Crippen molar-refractivity contribution in [1.82, 2.24) is 4.90 Å². The molecule has 0 aromatic heterocycles. The van der Waals surface area contributed by atoms with Crippen LogP contribution in [0.15, 0.2) is 5.11 Å². The Balaban J connectivity index is 0.00000420. The van der Waals surface area contributed by atoms with Crippen molar-refractivity contribution in [2.24, 2.45) is 16.8 Å². The highest BCUT2D eigenvalue weighted by Gasteiger charge is 2.52. The van der Waals surface area contributed by atoms with Crippen LogP contribution in [0.1, 0.15) is 47.5 Å². The lowest BCUT2D eigenvalue weighted by Crippen LogP contribution is -2.58. The molecule has 0 aromatic rings. The number of hydrogen-bond donors (Lipinski definition) is 2. The molecule has 2 aliphatic rings. The van der Waals surface area contributed by atoms with Crippen molar-refractivity contribution in [3.8, 4) is 0 Å². The van der Waals surface area contributed by atoms with Crippen LogP contribution >= 0.6 is 12.4 Å². The van der Waals surface area contributed by atoms with E-state index < -0.39 is 35.9 Å². The van der Waals surface area contributed by atoms with E-state index in [-0.39, 0.29) is 37.2 Å². The SMILES string of the molecule is CC(N)C(=O)N1C[C@@H](CCB2OC(C)(C)C(C)(C)O2)C[C@@](N=[N+]=[N-])(C(=O)O)C1.Cl. The molecule has 0 spiro atoms. The maximum absolute atomic E-state index is 12.4. The maximum atomic E-state index is 12.4. The van der Waals surface area contributed by atoms with Crippen LogP contribution in [0.25, 0.3) is 10.4 Å². The fourth-order valence-electron chi connectivity index (χ4n) is 3.76. The van der Waals surface area contributed by atoms with Gasteiger partial charge in [-0.05, 0) is 58.8 Å².